The van der Waals surface area contributed by atoms with E-state index in [2.05, 4.69) is 54.1 Å². The summed E-state index contributed by atoms with van der Waals surface area (Å²) in [7, 11) is 1.71. The van der Waals surface area contributed by atoms with Crippen LogP contribution in [0.2, 0.25) is 0 Å². The second-order valence-electron chi connectivity index (χ2n) is 7.23. The summed E-state index contributed by atoms with van der Waals surface area (Å²) in [5.41, 5.74) is 4.81. The average molecular weight is 407 g/mol. The molecule has 0 saturated heterocycles. The fourth-order valence-electron chi connectivity index (χ4n) is 3.40. The van der Waals surface area contributed by atoms with Gasteiger partial charge in [-0.2, -0.15) is 11.8 Å². The van der Waals surface area contributed by atoms with Gasteiger partial charge in [-0.15, -0.1) is 0 Å². The van der Waals surface area contributed by atoms with Crippen molar-refractivity contribution in [3.05, 3.63) is 89.2 Å². The molecule has 0 saturated carbocycles. The summed E-state index contributed by atoms with van der Waals surface area (Å²) >= 11 is 1.91. The highest BCUT2D eigenvalue weighted by molar-refractivity contribution is 7.98. The van der Waals surface area contributed by atoms with Gasteiger partial charge < -0.3 is 14.0 Å². The Hall–Kier alpha value is -2.66. The minimum atomic E-state index is 0.204. The van der Waals surface area contributed by atoms with Crippen molar-refractivity contribution in [1.82, 2.24) is 4.57 Å². The molecule has 2 aromatic carbocycles. The van der Waals surface area contributed by atoms with Crippen LogP contribution >= 0.6 is 11.8 Å². The van der Waals surface area contributed by atoms with Gasteiger partial charge in [-0.3, -0.25) is 0 Å². The molecule has 0 amide bonds. The predicted molar refractivity (Wildman–Crippen MR) is 120 cm³/mol. The lowest BCUT2D eigenvalue weighted by atomic mass is 10.2. The Labute approximate surface area is 176 Å². The molecule has 0 N–H and O–H groups in total. The van der Waals surface area contributed by atoms with Crippen LogP contribution in [0.1, 0.15) is 22.4 Å². The SMILES string of the molecule is COc1ccccc1Cn1cccc1C1=NC(CSCc2ccc(C)cc2)CO1. The quantitative estimate of drug-likeness (QED) is 0.532. The molecular weight excluding hydrogens is 380 g/mol. The highest BCUT2D eigenvalue weighted by Gasteiger charge is 2.22. The smallest absolute Gasteiger partial charge is 0.233 e. The number of hydrogen-bond donors (Lipinski definition) is 0. The molecule has 0 fully saturated rings. The Kier molecular flexibility index (Phi) is 6.25. The fourth-order valence-corrected chi connectivity index (χ4v) is 4.39. The molecule has 3 aromatic rings. The first-order valence-corrected chi connectivity index (χ1v) is 11.0. The molecule has 1 aliphatic rings. The van der Waals surface area contributed by atoms with E-state index in [0.29, 0.717) is 6.61 Å². The number of ether oxygens (including phenoxy) is 2. The molecule has 4 rings (SSSR count). The van der Waals surface area contributed by atoms with Gasteiger partial charge in [0.1, 0.15) is 18.1 Å². The molecule has 1 atom stereocenters. The van der Waals surface area contributed by atoms with Crippen molar-refractivity contribution in [2.45, 2.75) is 25.3 Å². The minimum absolute atomic E-state index is 0.204. The number of aromatic nitrogens is 1. The molecule has 1 aliphatic heterocycles. The van der Waals surface area contributed by atoms with Gasteiger partial charge in [0.05, 0.1) is 19.7 Å². The van der Waals surface area contributed by atoms with Crippen molar-refractivity contribution >= 4 is 17.7 Å². The third-order valence-electron chi connectivity index (χ3n) is 4.99. The maximum absolute atomic E-state index is 5.95. The Morgan fingerprint density at radius 2 is 1.93 bits per heavy atom. The van der Waals surface area contributed by atoms with Crippen molar-refractivity contribution in [2.75, 3.05) is 19.5 Å². The summed E-state index contributed by atoms with van der Waals surface area (Å²) in [5, 5.41) is 0. The number of para-hydroxylation sites is 1. The molecule has 1 unspecified atom stereocenters. The monoisotopic (exact) mass is 406 g/mol. The Morgan fingerprint density at radius 3 is 2.76 bits per heavy atom. The van der Waals surface area contributed by atoms with E-state index in [1.165, 1.54) is 11.1 Å². The lowest BCUT2D eigenvalue weighted by Crippen LogP contribution is -2.11. The number of aryl methyl sites for hydroxylation is 1. The van der Waals surface area contributed by atoms with Crippen LogP contribution in [-0.4, -0.2) is 36.0 Å². The third-order valence-corrected chi connectivity index (χ3v) is 6.15. The van der Waals surface area contributed by atoms with Crippen molar-refractivity contribution in [1.29, 1.82) is 0 Å². The number of thioether (sulfide) groups is 1. The van der Waals surface area contributed by atoms with Crippen molar-refractivity contribution < 1.29 is 9.47 Å². The largest absolute Gasteiger partial charge is 0.496 e. The fraction of sp³-hybridized carbons (Fsp3) is 0.292. The summed E-state index contributed by atoms with van der Waals surface area (Å²) in [6, 6.07) is 21.1. The maximum Gasteiger partial charge on any atom is 0.233 e. The van der Waals surface area contributed by atoms with E-state index in [4.69, 9.17) is 14.5 Å². The molecule has 29 heavy (non-hydrogen) atoms. The zero-order chi connectivity index (χ0) is 20.1. The van der Waals surface area contributed by atoms with E-state index < -0.39 is 0 Å². The zero-order valence-electron chi connectivity index (χ0n) is 16.9. The normalized spacial score (nSPS) is 15.8. The summed E-state index contributed by atoms with van der Waals surface area (Å²) in [4.78, 5) is 4.84. The molecular formula is C24H26N2O2S. The van der Waals surface area contributed by atoms with Crippen molar-refractivity contribution in [3.8, 4) is 5.75 Å². The number of methoxy groups -OCH3 is 1. The third kappa shape index (κ3) is 4.85. The number of aliphatic imine (C=N–C) groups is 1. The summed E-state index contributed by atoms with van der Waals surface area (Å²) in [6.45, 7) is 3.49. The topological polar surface area (TPSA) is 35.8 Å². The van der Waals surface area contributed by atoms with Gasteiger partial charge >= 0.3 is 0 Å². The number of rotatable bonds is 8. The molecule has 0 spiro atoms. The van der Waals surface area contributed by atoms with Gasteiger partial charge in [-0.25, -0.2) is 4.99 Å². The van der Waals surface area contributed by atoms with Gasteiger partial charge in [-0.05, 0) is 30.7 Å². The number of nitrogens with zero attached hydrogens (tertiary/aromatic N) is 2. The first-order chi connectivity index (χ1) is 14.2. The highest BCUT2D eigenvalue weighted by atomic mass is 32.2. The molecule has 0 radical (unpaired) electrons. The van der Waals surface area contributed by atoms with E-state index in [0.717, 1.165) is 41.0 Å². The average Bonchev–Trinajstić information content (AvgIpc) is 3.39. The van der Waals surface area contributed by atoms with Gasteiger partial charge in [0, 0.05) is 23.3 Å². The lowest BCUT2D eigenvalue weighted by molar-refractivity contribution is 0.323. The molecule has 5 heteroatoms. The highest BCUT2D eigenvalue weighted by Crippen LogP contribution is 2.22. The first kappa shape index (κ1) is 19.6. The van der Waals surface area contributed by atoms with E-state index in [1.54, 1.807) is 7.11 Å². The van der Waals surface area contributed by atoms with Crippen molar-refractivity contribution in [3.63, 3.8) is 0 Å². The summed E-state index contributed by atoms with van der Waals surface area (Å²) in [6.07, 6.45) is 2.06. The molecule has 1 aromatic heterocycles. The second-order valence-corrected chi connectivity index (χ2v) is 8.26. The van der Waals surface area contributed by atoms with E-state index >= 15 is 0 Å². The molecule has 4 nitrogen and oxygen atoms in total. The van der Waals surface area contributed by atoms with Crippen LogP contribution in [-0.2, 0) is 17.0 Å². The van der Waals surface area contributed by atoms with E-state index in [9.17, 15) is 0 Å². The van der Waals surface area contributed by atoms with Crippen LogP contribution in [0.4, 0.5) is 0 Å². The first-order valence-electron chi connectivity index (χ1n) is 9.84. The number of benzene rings is 2. The molecule has 0 aliphatic carbocycles. The minimum Gasteiger partial charge on any atom is -0.496 e. The second kappa shape index (κ2) is 9.23. The number of hydrogen-bond acceptors (Lipinski definition) is 4. The zero-order valence-corrected chi connectivity index (χ0v) is 17.7. The Balaban J connectivity index is 1.38. The van der Waals surface area contributed by atoms with Gasteiger partial charge in [0.25, 0.3) is 0 Å². The van der Waals surface area contributed by atoms with Crippen LogP contribution in [0.5, 0.6) is 5.75 Å². The van der Waals surface area contributed by atoms with Crippen LogP contribution in [0.3, 0.4) is 0 Å². The van der Waals surface area contributed by atoms with Crippen LogP contribution in [0.25, 0.3) is 0 Å². The van der Waals surface area contributed by atoms with Crippen LogP contribution in [0.15, 0.2) is 71.9 Å². The Morgan fingerprint density at radius 1 is 1.10 bits per heavy atom. The van der Waals surface area contributed by atoms with E-state index in [1.807, 2.05) is 36.0 Å². The predicted octanol–water partition coefficient (Wildman–Crippen LogP) is 4.93. The summed E-state index contributed by atoms with van der Waals surface area (Å²) < 4.78 is 13.6. The van der Waals surface area contributed by atoms with Gasteiger partial charge in [-0.1, -0.05) is 48.0 Å². The molecule has 0 bridgehead atoms. The maximum atomic E-state index is 5.95. The van der Waals surface area contributed by atoms with Gasteiger partial charge in [0.15, 0.2) is 0 Å². The lowest BCUT2D eigenvalue weighted by Gasteiger charge is -2.12. The van der Waals surface area contributed by atoms with Gasteiger partial charge in [0.2, 0.25) is 5.90 Å². The van der Waals surface area contributed by atoms with Crippen LogP contribution in [0, 0.1) is 6.92 Å². The Bertz CT molecular complexity index is 979. The standard InChI is InChI=1S/C24H26N2O2S/c1-18-9-11-19(12-10-18)16-29-17-21-15-28-24(25-21)22-7-5-13-26(22)14-20-6-3-4-8-23(20)27-2/h3-13,21H,14-17H2,1-2H3. The molecule has 150 valence electrons. The van der Waals surface area contributed by atoms with Crippen LogP contribution < -0.4 is 4.74 Å². The van der Waals surface area contributed by atoms with E-state index in [-0.39, 0.29) is 6.04 Å². The summed E-state index contributed by atoms with van der Waals surface area (Å²) in [5.74, 6) is 3.61. The molecule has 2 heterocycles. The van der Waals surface area contributed by atoms with Crippen molar-refractivity contribution in [2.24, 2.45) is 4.99 Å².